The van der Waals surface area contributed by atoms with Crippen molar-refractivity contribution in [3.8, 4) is 11.5 Å². The van der Waals surface area contributed by atoms with E-state index in [1.807, 2.05) is 13.8 Å². The quantitative estimate of drug-likeness (QED) is 0.272. The van der Waals surface area contributed by atoms with Gasteiger partial charge < -0.3 is 25.6 Å². The van der Waals surface area contributed by atoms with E-state index in [0.29, 0.717) is 36.0 Å². The lowest BCUT2D eigenvalue weighted by molar-refractivity contribution is 0.187. The summed E-state index contributed by atoms with van der Waals surface area (Å²) in [5, 5.41) is 13.1. The molecule has 4 N–H and O–H groups in total. The van der Waals surface area contributed by atoms with E-state index in [1.165, 1.54) is 18.2 Å². The van der Waals surface area contributed by atoms with Crippen LogP contribution in [0.1, 0.15) is 25.5 Å². The van der Waals surface area contributed by atoms with Crippen molar-refractivity contribution in [1.29, 1.82) is 0 Å². The molecule has 9 heteroatoms. The normalized spacial score (nSPS) is 12.1. The highest BCUT2D eigenvalue weighted by Gasteiger charge is 2.11. The molecule has 0 radical (unpaired) electrons. The number of benzene rings is 2. The fourth-order valence-electron chi connectivity index (χ4n) is 2.33. The number of guanidine groups is 1. The average Bonchev–Trinajstić information content (AvgIpc) is 2.64. The lowest BCUT2D eigenvalue weighted by atomic mass is 10.1. The summed E-state index contributed by atoms with van der Waals surface area (Å²) in [6.45, 7) is 4.73. The van der Waals surface area contributed by atoms with Gasteiger partial charge >= 0.3 is 0 Å². The Morgan fingerprint density at radius 1 is 1.21 bits per heavy atom. The second kappa shape index (κ2) is 11.9. The van der Waals surface area contributed by atoms with Crippen LogP contribution >= 0.6 is 35.6 Å². The first-order valence-electron chi connectivity index (χ1n) is 8.54. The van der Waals surface area contributed by atoms with Crippen LogP contribution in [0.5, 0.6) is 11.5 Å². The minimum Gasteiger partial charge on any atom is -0.494 e. The minimum absolute atomic E-state index is 0. The lowest BCUT2D eigenvalue weighted by Crippen LogP contribution is -2.24. The molecule has 2 aromatic carbocycles. The summed E-state index contributed by atoms with van der Waals surface area (Å²) in [7, 11) is 0. The van der Waals surface area contributed by atoms with Crippen molar-refractivity contribution in [1.82, 2.24) is 0 Å². The second-order valence-electron chi connectivity index (χ2n) is 5.56. The van der Waals surface area contributed by atoms with Gasteiger partial charge in [0.15, 0.2) is 5.96 Å². The van der Waals surface area contributed by atoms with E-state index in [9.17, 15) is 9.50 Å². The maximum absolute atomic E-state index is 13.5. The molecule has 0 heterocycles. The molecule has 0 aliphatic carbocycles. The maximum Gasteiger partial charge on any atom is 0.193 e. The number of aliphatic hydroxyl groups is 1. The molecule has 0 saturated heterocycles. The third-order valence-electron chi connectivity index (χ3n) is 3.59. The maximum atomic E-state index is 13.5. The van der Waals surface area contributed by atoms with Crippen LogP contribution < -0.4 is 20.5 Å². The van der Waals surface area contributed by atoms with E-state index in [4.69, 9.17) is 26.8 Å². The topological polar surface area (TPSA) is 89.1 Å². The smallest absolute Gasteiger partial charge is 0.193 e. The van der Waals surface area contributed by atoms with Gasteiger partial charge in [-0.1, -0.05) is 17.7 Å². The molecule has 0 bridgehead atoms. The number of aliphatic hydroxyl groups excluding tert-OH is 1. The summed E-state index contributed by atoms with van der Waals surface area (Å²) < 4.78 is 24.5. The van der Waals surface area contributed by atoms with E-state index in [2.05, 4.69) is 10.3 Å². The van der Waals surface area contributed by atoms with Crippen LogP contribution in [0.2, 0.25) is 5.02 Å². The first-order valence-corrected chi connectivity index (χ1v) is 8.92. The first-order chi connectivity index (χ1) is 12.9. The van der Waals surface area contributed by atoms with E-state index in [1.54, 1.807) is 18.2 Å². The Morgan fingerprint density at radius 3 is 2.57 bits per heavy atom. The van der Waals surface area contributed by atoms with Gasteiger partial charge in [-0.2, -0.15) is 0 Å². The number of nitrogens with one attached hydrogen (secondary N) is 1. The molecule has 1 atom stereocenters. The van der Waals surface area contributed by atoms with Gasteiger partial charge in [0.2, 0.25) is 0 Å². The standard InChI is InChI=1S/C19H23ClFN3O3.HI/c1-3-26-13-6-8-18(27-4-2)16(10-13)24-19(22)23-11-17(25)12-5-7-14(20)15(21)9-12;/h5-10,17,25H,3-4,11H2,1-2H3,(H3,22,23,24);1H. The lowest BCUT2D eigenvalue weighted by Gasteiger charge is -2.14. The number of ether oxygens (including phenoxy) is 2. The summed E-state index contributed by atoms with van der Waals surface area (Å²) in [5.74, 6) is 0.739. The van der Waals surface area contributed by atoms with Gasteiger partial charge in [0.1, 0.15) is 17.3 Å². The molecule has 1 unspecified atom stereocenters. The molecular weight excluding hydrogens is 500 g/mol. The zero-order valence-electron chi connectivity index (χ0n) is 15.6. The van der Waals surface area contributed by atoms with Crippen molar-refractivity contribution in [3.05, 3.63) is 52.8 Å². The van der Waals surface area contributed by atoms with Crippen molar-refractivity contribution in [2.45, 2.75) is 20.0 Å². The number of rotatable bonds is 8. The summed E-state index contributed by atoms with van der Waals surface area (Å²) in [6.07, 6.45) is -1.02. The number of nitrogens with two attached hydrogens (primary N) is 1. The molecule has 6 nitrogen and oxygen atoms in total. The zero-order chi connectivity index (χ0) is 19.8. The molecule has 0 fully saturated rings. The number of hydrogen-bond acceptors (Lipinski definition) is 4. The molecule has 2 aromatic rings. The van der Waals surface area contributed by atoms with Crippen LogP contribution in [-0.4, -0.2) is 30.8 Å². The van der Waals surface area contributed by atoms with Gasteiger partial charge in [0, 0.05) is 6.07 Å². The second-order valence-corrected chi connectivity index (χ2v) is 5.97. The molecule has 0 spiro atoms. The molecule has 2 rings (SSSR count). The predicted molar refractivity (Wildman–Crippen MR) is 121 cm³/mol. The Hall–Kier alpha value is -1.78. The average molecular weight is 524 g/mol. The van der Waals surface area contributed by atoms with Gasteiger partial charge in [-0.25, -0.2) is 4.39 Å². The van der Waals surface area contributed by atoms with Crippen LogP contribution in [0, 0.1) is 5.82 Å². The third kappa shape index (κ3) is 6.99. The summed E-state index contributed by atoms with van der Waals surface area (Å²) in [4.78, 5) is 4.11. The van der Waals surface area contributed by atoms with Gasteiger partial charge in [0.05, 0.1) is 36.6 Å². The number of nitrogens with zero attached hydrogens (tertiary/aromatic N) is 1. The Labute approximate surface area is 185 Å². The highest BCUT2D eigenvalue weighted by atomic mass is 127. The van der Waals surface area contributed by atoms with Crippen LogP contribution in [0.15, 0.2) is 41.4 Å². The number of aliphatic imine (C=N–C) groups is 1. The SMILES string of the molecule is CCOc1ccc(OCC)c(NC(N)=NCC(O)c2ccc(Cl)c(F)c2)c1.I. The first kappa shape index (κ1) is 24.3. The van der Waals surface area contributed by atoms with Crippen molar-refractivity contribution < 1.29 is 19.0 Å². The largest absolute Gasteiger partial charge is 0.494 e. The van der Waals surface area contributed by atoms with Crippen molar-refractivity contribution in [3.63, 3.8) is 0 Å². The van der Waals surface area contributed by atoms with Crippen molar-refractivity contribution in [2.24, 2.45) is 10.7 Å². The molecule has 0 saturated carbocycles. The number of anilines is 1. The highest BCUT2D eigenvalue weighted by molar-refractivity contribution is 14.0. The Balaban J connectivity index is 0.00000392. The molecule has 0 amide bonds. The summed E-state index contributed by atoms with van der Waals surface area (Å²) in [6, 6.07) is 9.41. The molecular formula is C19H24ClFIN3O3. The summed E-state index contributed by atoms with van der Waals surface area (Å²) >= 11 is 5.64. The van der Waals surface area contributed by atoms with Crippen molar-refractivity contribution in [2.75, 3.05) is 25.1 Å². The van der Waals surface area contributed by atoms with Crippen LogP contribution in [0.3, 0.4) is 0 Å². The van der Waals surface area contributed by atoms with E-state index >= 15 is 0 Å². The number of hydrogen-bond donors (Lipinski definition) is 3. The fourth-order valence-corrected chi connectivity index (χ4v) is 2.45. The van der Waals surface area contributed by atoms with Crippen LogP contribution in [0.4, 0.5) is 10.1 Å². The zero-order valence-corrected chi connectivity index (χ0v) is 18.7. The monoisotopic (exact) mass is 523 g/mol. The van der Waals surface area contributed by atoms with Crippen LogP contribution in [-0.2, 0) is 0 Å². The number of halogens is 3. The van der Waals surface area contributed by atoms with Crippen molar-refractivity contribution >= 4 is 47.2 Å². The Kier molecular flexibility index (Phi) is 10.3. The van der Waals surface area contributed by atoms with Gasteiger partial charge in [-0.3, -0.25) is 4.99 Å². The molecule has 0 aliphatic rings. The van der Waals surface area contributed by atoms with Gasteiger partial charge in [0.25, 0.3) is 0 Å². The minimum atomic E-state index is -1.02. The van der Waals surface area contributed by atoms with E-state index < -0.39 is 11.9 Å². The third-order valence-corrected chi connectivity index (χ3v) is 3.89. The van der Waals surface area contributed by atoms with E-state index in [-0.39, 0.29) is 41.5 Å². The van der Waals surface area contributed by atoms with Gasteiger partial charge in [-0.15, -0.1) is 24.0 Å². The Morgan fingerprint density at radius 2 is 1.93 bits per heavy atom. The molecule has 28 heavy (non-hydrogen) atoms. The Bertz CT molecular complexity index is 808. The molecule has 154 valence electrons. The molecule has 0 aromatic heterocycles. The fraction of sp³-hybridized carbons (Fsp3) is 0.316. The summed E-state index contributed by atoms with van der Waals surface area (Å²) in [5.41, 5.74) is 6.87. The van der Waals surface area contributed by atoms with E-state index in [0.717, 1.165) is 0 Å². The predicted octanol–water partition coefficient (Wildman–Crippen LogP) is 4.35. The highest BCUT2D eigenvalue weighted by Crippen LogP contribution is 2.29. The molecule has 0 aliphatic heterocycles. The van der Waals surface area contributed by atoms with Crippen LogP contribution in [0.25, 0.3) is 0 Å². The van der Waals surface area contributed by atoms with Gasteiger partial charge in [-0.05, 0) is 43.7 Å².